The molecule has 3 heterocycles. The standard InChI is InChI=1S/C24H20N4O4S2.CHCl3/c1-13-5-15-9-16(6-13)30-20-12-22(28-24(26-20)34-4)32-18-8-14(2)7-17(10-18)31-21-11-19(29-15)25-23(27-21)33-3;2-1(3)4/h5-12H,1-4H3;1H. The second-order valence-corrected chi connectivity index (χ2v) is 11.2. The van der Waals surface area contributed by atoms with Crippen LogP contribution in [0, 0.1) is 13.8 Å². The first-order chi connectivity index (χ1) is 18.2. The number of rotatable bonds is 2. The van der Waals surface area contributed by atoms with E-state index in [0.717, 1.165) is 11.1 Å². The number of thioether (sulfide) groups is 2. The SMILES string of the molecule is CSc1nc2cc(n1)Oc1cc(C)cc(c1)Oc1cc(nc(SC)n1)Oc1cc(C)cc(c1)O2.ClC(Cl)Cl. The van der Waals surface area contributed by atoms with E-state index in [1.807, 2.05) is 50.6 Å². The van der Waals surface area contributed by atoms with Crippen molar-refractivity contribution in [1.29, 1.82) is 0 Å². The van der Waals surface area contributed by atoms with E-state index < -0.39 is 4.30 Å². The predicted molar refractivity (Wildman–Crippen MR) is 152 cm³/mol. The minimum atomic E-state index is -0.750. The second-order valence-electron chi connectivity index (χ2n) is 7.68. The Morgan fingerprint density at radius 2 is 0.789 bits per heavy atom. The van der Waals surface area contributed by atoms with Gasteiger partial charge in [0.05, 0.1) is 12.1 Å². The Labute approximate surface area is 243 Å². The number of hydrogen-bond donors (Lipinski definition) is 0. The fourth-order valence-corrected chi connectivity index (χ4v) is 4.03. The average Bonchev–Trinajstić information content (AvgIpc) is 2.82. The van der Waals surface area contributed by atoms with Gasteiger partial charge >= 0.3 is 0 Å². The van der Waals surface area contributed by atoms with Gasteiger partial charge in [0.1, 0.15) is 23.0 Å². The van der Waals surface area contributed by atoms with Crippen molar-refractivity contribution in [1.82, 2.24) is 19.9 Å². The Bertz CT molecular complexity index is 1250. The molecule has 2 aromatic heterocycles. The number of benzene rings is 2. The monoisotopic (exact) mass is 610 g/mol. The van der Waals surface area contributed by atoms with E-state index in [-0.39, 0.29) is 0 Å². The summed E-state index contributed by atoms with van der Waals surface area (Å²) in [6.45, 7) is 3.91. The Kier molecular flexibility index (Phi) is 9.67. The molecule has 13 heteroatoms. The van der Waals surface area contributed by atoms with Crippen LogP contribution in [0.25, 0.3) is 0 Å². The van der Waals surface area contributed by atoms with Gasteiger partial charge < -0.3 is 18.9 Å². The van der Waals surface area contributed by atoms with Crippen LogP contribution in [-0.4, -0.2) is 36.7 Å². The molecule has 5 rings (SSSR count). The van der Waals surface area contributed by atoms with Gasteiger partial charge in [0.2, 0.25) is 23.5 Å². The maximum Gasteiger partial charge on any atom is 0.227 e. The number of fused-ring (bicyclic) bond motifs is 8. The van der Waals surface area contributed by atoms with Crippen LogP contribution in [0.2, 0.25) is 0 Å². The van der Waals surface area contributed by atoms with Gasteiger partial charge in [0, 0.05) is 12.1 Å². The first kappa shape index (κ1) is 28.4. The van der Waals surface area contributed by atoms with Gasteiger partial charge in [-0.15, -0.1) is 0 Å². The van der Waals surface area contributed by atoms with Gasteiger partial charge in [-0.25, -0.2) is 0 Å². The molecule has 38 heavy (non-hydrogen) atoms. The van der Waals surface area contributed by atoms with Crippen molar-refractivity contribution in [3.63, 3.8) is 0 Å². The maximum absolute atomic E-state index is 6.08. The van der Waals surface area contributed by atoms with Crippen LogP contribution in [0.4, 0.5) is 0 Å². The van der Waals surface area contributed by atoms with Crippen LogP contribution in [-0.2, 0) is 0 Å². The summed E-state index contributed by atoms with van der Waals surface area (Å²) >= 11 is 17.2. The number of aromatic nitrogens is 4. The number of hydrogen-bond acceptors (Lipinski definition) is 10. The van der Waals surface area contributed by atoms with Gasteiger partial charge in [0.15, 0.2) is 14.6 Å². The van der Waals surface area contributed by atoms with E-state index in [9.17, 15) is 0 Å². The topological polar surface area (TPSA) is 88.5 Å². The third kappa shape index (κ3) is 8.18. The van der Waals surface area contributed by atoms with Gasteiger partial charge in [-0.3, -0.25) is 0 Å². The molecule has 0 spiro atoms. The van der Waals surface area contributed by atoms with E-state index in [1.165, 1.54) is 23.5 Å². The second kappa shape index (κ2) is 12.9. The minimum absolute atomic E-state index is 0.358. The molecule has 0 saturated carbocycles. The zero-order valence-corrected chi connectivity index (χ0v) is 24.5. The number of ether oxygens (including phenoxy) is 4. The fourth-order valence-electron chi connectivity index (χ4n) is 3.31. The molecule has 8 nitrogen and oxygen atoms in total. The van der Waals surface area contributed by atoms with Crippen LogP contribution in [0.1, 0.15) is 11.1 Å². The molecule has 0 atom stereocenters. The third-order valence-electron chi connectivity index (χ3n) is 4.62. The zero-order valence-electron chi connectivity index (χ0n) is 20.6. The van der Waals surface area contributed by atoms with E-state index >= 15 is 0 Å². The highest BCUT2D eigenvalue weighted by atomic mass is 35.6. The van der Waals surface area contributed by atoms with Crippen LogP contribution in [0.15, 0.2) is 58.8 Å². The molecule has 198 valence electrons. The van der Waals surface area contributed by atoms with Crippen molar-refractivity contribution in [2.45, 2.75) is 28.5 Å². The molecule has 8 bridgehead atoms. The van der Waals surface area contributed by atoms with E-state index in [2.05, 4.69) is 19.9 Å². The van der Waals surface area contributed by atoms with E-state index in [0.29, 0.717) is 56.8 Å². The van der Waals surface area contributed by atoms with Crippen molar-refractivity contribution in [3.8, 4) is 46.5 Å². The quantitative estimate of drug-likeness (QED) is 0.110. The summed E-state index contributed by atoms with van der Waals surface area (Å²) in [5.74, 6) is 3.68. The van der Waals surface area contributed by atoms with Crippen molar-refractivity contribution >= 4 is 58.3 Å². The lowest BCUT2D eigenvalue weighted by molar-refractivity contribution is 0.405. The lowest BCUT2D eigenvalue weighted by Gasteiger charge is -2.14. The molecule has 4 aromatic rings. The molecular formula is C25H21Cl3N4O4S2. The summed E-state index contributed by atoms with van der Waals surface area (Å²) in [7, 11) is 0. The van der Waals surface area contributed by atoms with Crippen molar-refractivity contribution in [3.05, 3.63) is 59.7 Å². The Morgan fingerprint density at radius 1 is 0.526 bits per heavy atom. The molecule has 1 aliphatic heterocycles. The predicted octanol–water partition coefficient (Wildman–Crippen LogP) is 8.80. The fraction of sp³-hybridized carbons (Fsp3) is 0.200. The number of alkyl halides is 3. The highest BCUT2D eigenvalue weighted by molar-refractivity contribution is 7.98. The number of nitrogens with zero attached hydrogens (tertiary/aromatic N) is 4. The molecule has 0 N–H and O–H groups in total. The molecule has 0 saturated heterocycles. The lowest BCUT2D eigenvalue weighted by Crippen LogP contribution is -1.99. The number of aryl methyl sites for hydroxylation is 2. The molecule has 0 radical (unpaired) electrons. The van der Waals surface area contributed by atoms with Crippen LogP contribution in [0.5, 0.6) is 46.5 Å². The highest BCUT2D eigenvalue weighted by Crippen LogP contribution is 2.35. The summed E-state index contributed by atoms with van der Waals surface area (Å²) in [4.78, 5) is 17.8. The molecule has 0 aliphatic carbocycles. The normalized spacial score (nSPS) is 11.8. The van der Waals surface area contributed by atoms with E-state index in [4.69, 9.17) is 53.8 Å². The first-order valence-electron chi connectivity index (χ1n) is 10.9. The smallest absolute Gasteiger partial charge is 0.227 e. The van der Waals surface area contributed by atoms with Gasteiger partial charge in [-0.2, -0.15) is 19.9 Å². The van der Waals surface area contributed by atoms with Gasteiger partial charge in [0.25, 0.3) is 0 Å². The number of halogens is 3. The zero-order chi connectivity index (χ0) is 27.2. The molecule has 1 aliphatic rings. The van der Waals surface area contributed by atoms with Crippen molar-refractivity contribution in [2.75, 3.05) is 12.5 Å². The summed E-state index contributed by atoms with van der Waals surface area (Å²) in [6.07, 6.45) is 3.78. The summed E-state index contributed by atoms with van der Waals surface area (Å²) in [6, 6.07) is 14.4. The summed E-state index contributed by atoms with van der Waals surface area (Å²) in [5.41, 5.74) is 1.90. The molecule has 0 amide bonds. The molecule has 0 unspecified atom stereocenters. The Balaban J connectivity index is 0.000000786. The van der Waals surface area contributed by atoms with Crippen LogP contribution >= 0.6 is 58.3 Å². The van der Waals surface area contributed by atoms with Crippen LogP contribution < -0.4 is 18.9 Å². The van der Waals surface area contributed by atoms with Crippen molar-refractivity contribution in [2.24, 2.45) is 0 Å². The van der Waals surface area contributed by atoms with Gasteiger partial charge in [-0.1, -0.05) is 58.3 Å². The Hall–Kier alpha value is -2.63. The van der Waals surface area contributed by atoms with Crippen LogP contribution in [0.3, 0.4) is 0 Å². The third-order valence-corrected chi connectivity index (χ3v) is 5.72. The summed E-state index contributed by atoms with van der Waals surface area (Å²) in [5, 5.41) is 1.05. The van der Waals surface area contributed by atoms with E-state index in [1.54, 1.807) is 24.3 Å². The van der Waals surface area contributed by atoms with Crippen molar-refractivity contribution < 1.29 is 18.9 Å². The lowest BCUT2D eigenvalue weighted by atomic mass is 10.2. The average molecular weight is 612 g/mol. The largest absolute Gasteiger partial charge is 0.439 e. The minimum Gasteiger partial charge on any atom is -0.439 e. The highest BCUT2D eigenvalue weighted by Gasteiger charge is 2.14. The molecule has 0 fully saturated rings. The maximum atomic E-state index is 6.08. The van der Waals surface area contributed by atoms with Gasteiger partial charge in [-0.05, 0) is 61.8 Å². The Morgan fingerprint density at radius 3 is 1.03 bits per heavy atom. The first-order valence-corrected chi connectivity index (χ1v) is 14.7. The molecule has 2 aromatic carbocycles. The molecular weight excluding hydrogens is 591 g/mol. The summed E-state index contributed by atoms with van der Waals surface area (Å²) < 4.78 is 23.6.